The monoisotopic (exact) mass is 541 g/mol. The Morgan fingerprint density at radius 3 is 2.32 bits per heavy atom. The predicted molar refractivity (Wildman–Crippen MR) is 128 cm³/mol. The first-order valence-electron chi connectivity index (χ1n) is 11.0. The summed E-state index contributed by atoms with van der Waals surface area (Å²) in [6.07, 6.45) is -3.81. The highest BCUT2D eigenvalue weighted by Crippen LogP contribution is 2.33. The van der Waals surface area contributed by atoms with E-state index in [0.29, 0.717) is 5.56 Å². The summed E-state index contributed by atoms with van der Waals surface area (Å²) in [6, 6.07) is 10.1. The number of halogens is 5. The van der Waals surface area contributed by atoms with Gasteiger partial charge in [-0.1, -0.05) is 30.3 Å². The highest BCUT2D eigenvalue weighted by Gasteiger charge is 2.33. The smallest absolute Gasteiger partial charge is 0.351 e. The number of carbonyl (C=O) groups is 1. The molecule has 1 heterocycles. The molecule has 0 spiro atoms. The lowest BCUT2D eigenvalue weighted by molar-refractivity contribution is -0.141. The molecule has 3 aromatic rings. The molecule has 0 aliphatic carbocycles. The summed E-state index contributed by atoms with van der Waals surface area (Å²) in [6.45, 7) is 2.46. The van der Waals surface area contributed by atoms with Crippen LogP contribution in [0.2, 0.25) is 0 Å². The lowest BCUT2D eigenvalue weighted by atomic mass is 9.98. The van der Waals surface area contributed by atoms with E-state index < -0.39 is 45.4 Å². The van der Waals surface area contributed by atoms with Gasteiger partial charge >= 0.3 is 6.18 Å². The Hall–Kier alpha value is -3.38. The van der Waals surface area contributed by atoms with Crippen molar-refractivity contribution in [1.29, 1.82) is 0 Å². The van der Waals surface area contributed by atoms with Crippen molar-refractivity contribution in [1.82, 2.24) is 15.0 Å². The summed E-state index contributed by atoms with van der Waals surface area (Å²) >= 11 is 0. The van der Waals surface area contributed by atoms with Crippen LogP contribution in [0.1, 0.15) is 40.8 Å². The van der Waals surface area contributed by atoms with Crippen LogP contribution >= 0.6 is 0 Å². The van der Waals surface area contributed by atoms with Gasteiger partial charge in [0.1, 0.15) is 17.3 Å². The Balaban J connectivity index is 1.82. The summed E-state index contributed by atoms with van der Waals surface area (Å²) in [5.41, 5.74) is -0.825. The lowest BCUT2D eigenvalue weighted by Gasteiger charge is -2.17. The normalized spacial score (nSPS) is 12.9. The third kappa shape index (κ3) is 7.10. The van der Waals surface area contributed by atoms with Crippen molar-refractivity contribution in [3.63, 3.8) is 0 Å². The molecule has 1 atom stereocenters. The zero-order valence-corrected chi connectivity index (χ0v) is 20.9. The van der Waals surface area contributed by atoms with Crippen molar-refractivity contribution in [3.8, 4) is 11.3 Å². The molecule has 0 fully saturated rings. The SMILES string of the molecule is Cc1cccc(-c2nc(C(F)(F)F)ccc2CNC(=O)C(C)c2ccc(CNS(C)(=O)=O)c(F)c2)c1F. The van der Waals surface area contributed by atoms with Gasteiger partial charge in [-0.15, -0.1) is 0 Å². The first-order valence-corrected chi connectivity index (χ1v) is 12.9. The third-order valence-corrected chi connectivity index (χ3v) is 6.33. The molecule has 198 valence electrons. The highest BCUT2D eigenvalue weighted by atomic mass is 32.2. The van der Waals surface area contributed by atoms with E-state index in [0.717, 1.165) is 24.5 Å². The molecule has 3 rings (SSSR count). The average molecular weight is 542 g/mol. The van der Waals surface area contributed by atoms with Crippen molar-refractivity contribution in [2.75, 3.05) is 6.26 Å². The van der Waals surface area contributed by atoms with Crippen molar-refractivity contribution in [3.05, 3.63) is 88.1 Å². The average Bonchev–Trinajstić information content (AvgIpc) is 2.81. The minimum absolute atomic E-state index is 0.0856. The van der Waals surface area contributed by atoms with Gasteiger partial charge in [0.2, 0.25) is 15.9 Å². The molecule has 0 aliphatic rings. The number of amides is 1. The van der Waals surface area contributed by atoms with Gasteiger partial charge in [0.05, 0.1) is 17.9 Å². The predicted octanol–water partition coefficient (Wildman–Crippen LogP) is 4.82. The van der Waals surface area contributed by atoms with Crippen molar-refractivity contribution in [2.24, 2.45) is 0 Å². The van der Waals surface area contributed by atoms with E-state index in [2.05, 4.69) is 15.0 Å². The maximum absolute atomic E-state index is 14.8. The lowest BCUT2D eigenvalue weighted by Crippen LogP contribution is -2.28. The first-order chi connectivity index (χ1) is 17.2. The molecule has 1 amide bonds. The first kappa shape index (κ1) is 28.2. The second-order valence-electron chi connectivity index (χ2n) is 8.52. The van der Waals surface area contributed by atoms with Crippen LogP contribution in [0.5, 0.6) is 0 Å². The van der Waals surface area contributed by atoms with E-state index in [1.807, 2.05) is 0 Å². The van der Waals surface area contributed by atoms with E-state index in [1.165, 1.54) is 44.2 Å². The van der Waals surface area contributed by atoms with Crippen LogP contribution in [0.15, 0.2) is 48.5 Å². The topological polar surface area (TPSA) is 88.2 Å². The standard InChI is InChI=1S/C25H24F5N3O3S/c1-14-5-4-6-19(22(14)27)23-18(9-10-21(33-23)25(28,29)30)12-31-24(34)15(2)16-7-8-17(20(26)11-16)13-32-37(3,35)36/h4-11,15,32H,12-13H2,1-3H3,(H,31,34). The molecule has 0 saturated carbocycles. The van der Waals surface area contributed by atoms with E-state index in [4.69, 9.17) is 0 Å². The maximum atomic E-state index is 14.8. The molecule has 0 aliphatic heterocycles. The van der Waals surface area contributed by atoms with Crippen LogP contribution in [0.3, 0.4) is 0 Å². The number of pyridine rings is 1. The number of nitrogens with zero attached hydrogens (tertiary/aromatic N) is 1. The molecule has 0 radical (unpaired) electrons. The zero-order valence-electron chi connectivity index (χ0n) is 20.1. The molecular formula is C25H24F5N3O3S. The van der Waals surface area contributed by atoms with Gasteiger partial charge in [-0.2, -0.15) is 13.2 Å². The van der Waals surface area contributed by atoms with Crippen molar-refractivity contribution in [2.45, 2.75) is 39.0 Å². The second-order valence-corrected chi connectivity index (χ2v) is 10.4. The number of rotatable bonds is 8. The molecule has 0 saturated heterocycles. The zero-order chi connectivity index (χ0) is 27.5. The number of hydrogen-bond donors (Lipinski definition) is 2. The van der Waals surface area contributed by atoms with E-state index in [9.17, 15) is 35.2 Å². The van der Waals surface area contributed by atoms with Crippen LogP contribution in [0.25, 0.3) is 11.3 Å². The second kappa shape index (κ2) is 10.9. The van der Waals surface area contributed by atoms with Gasteiger partial charge in [-0.3, -0.25) is 4.79 Å². The van der Waals surface area contributed by atoms with Gasteiger partial charge in [-0.05, 0) is 48.7 Å². The van der Waals surface area contributed by atoms with Crippen LogP contribution in [-0.4, -0.2) is 25.6 Å². The van der Waals surface area contributed by atoms with Gasteiger partial charge in [0.25, 0.3) is 0 Å². The molecule has 6 nitrogen and oxygen atoms in total. The Bertz CT molecular complexity index is 1430. The van der Waals surface area contributed by atoms with Crippen molar-refractivity contribution < 1.29 is 35.2 Å². The number of benzene rings is 2. The number of alkyl halides is 3. The van der Waals surface area contributed by atoms with Gasteiger partial charge in [0, 0.05) is 24.2 Å². The molecule has 0 bridgehead atoms. The van der Waals surface area contributed by atoms with E-state index in [-0.39, 0.29) is 41.0 Å². The van der Waals surface area contributed by atoms with E-state index >= 15 is 0 Å². The third-order valence-electron chi connectivity index (χ3n) is 5.66. The quantitative estimate of drug-likeness (QED) is 0.400. The van der Waals surface area contributed by atoms with Crippen LogP contribution in [0.4, 0.5) is 22.0 Å². The fourth-order valence-corrected chi connectivity index (χ4v) is 3.94. The van der Waals surface area contributed by atoms with Gasteiger partial charge in [-0.25, -0.2) is 26.9 Å². The molecule has 1 aromatic heterocycles. The minimum Gasteiger partial charge on any atom is -0.351 e. The molecule has 2 aromatic carbocycles. The number of nitrogens with one attached hydrogen (secondary N) is 2. The number of aromatic nitrogens is 1. The molecule has 1 unspecified atom stereocenters. The molecule has 2 N–H and O–H groups in total. The number of hydrogen-bond acceptors (Lipinski definition) is 4. The Morgan fingerprint density at radius 1 is 1.03 bits per heavy atom. The Kier molecular flexibility index (Phi) is 8.33. The largest absolute Gasteiger partial charge is 0.433 e. The van der Waals surface area contributed by atoms with Crippen LogP contribution < -0.4 is 10.0 Å². The van der Waals surface area contributed by atoms with Gasteiger partial charge < -0.3 is 5.32 Å². The fraction of sp³-hybridized carbons (Fsp3) is 0.280. The highest BCUT2D eigenvalue weighted by molar-refractivity contribution is 7.88. The number of sulfonamides is 1. The Morgan fingerprint density at radius 2 is 1.70 bits per heavy atom. The fourth-order valence-electron chi connectivity index (χ4n) is 3.52. The summed E-state index contributed by atoms with van der Waals surface area (Å²) < 4.78 is 93.7. The van der Waals surface area contributed by atoms with Crippen LogP contribution in [0, 0.1) is 18.6 Å². The maximum Gasteiger partial charge on any atom is 0.433 e. The van der Waals surface area contributed by atoms with Crippen molar-refractivity contribution >= 4 is 15.9 Å². The molecule has 37 heavy (non-hydrogen) atoms. The summed E-state index contributed by atoms with van der Waals surface area (Å²) in [4.78, 5) is 16.4. The summed E-state index contributed by atoms with van der Waals surface area (Å²) in [5.74, 6) is -2.85. The van der Waals surface area contributed by atoms with Gasteiger partial charge in [0.15, 0.2) is 0 Å². The molecular weight excluding hydrogens is 517 g/mol. The Labute approximate surface area is 211 Å². The molecule has 12 heteroatoms. The summed E-state index contributed by atoms with van der Waals surface area (Å²) in [7, 11) is -3.52. The van der Waals surface area contributed by atoms with E-state index in [1.54, 1.807) is 0 Å². The van der Waals surface area contributed by atoms with Crippen LogP contribution in [-0.2, 0) is 34.1 Å². The summed E-state index contributed by atoms with van der Waals surface area (Å²) in [5, 5.41) is 2.58. The number of aryl methyl sites for hydroxylation is 1. The number of carbonyl (C=O) groups excluding carboxylic acids is 1. The minimum atomic E-state index is -4.75.